The summed E-state index contributed by atoms with van der Waals surface area (Å²) in [5, 5.41) is 0.408. The molecular formula is C17H20ClN7. The van der Waals surface area contributed by atoms with E-state index in [4.69, 9.17) is 23.1 Å². The van der Waals surface area contributed by atoms with E-state index in [0.29, 0.717) is 10.8 Å². The number of pyridine rings is 1. The number of hydrogen-bond acceptors (Lipinski definition) is 6. The predicted octanol–water partition coefficient (Wildman–Crippen LogP) is 2.34. The summed E-state index contributed by atoms with van der Waals surface area (Å²) >= 11 is 6.32. The third kappa shape index (κ3) is 2.79. The first-order valence-corrected chi connectivity index (χ1v) is 8.60. The zero-order valence-corrected chi connectivity index (χ0v) is 14.7. The Bertz CT molecular complexity index is 924. The standard InChI is InChI=1S/C17H20ClN7/c1-17(20)3-7-24(8-4-17)16-12-10-23-15(25(12)9-6-22-16)11-2-5-21-14(19)13(11)18/h2,5-6,9-10H,3-4,7-8,20H2,1H3,(H2,19,21). The van der Waals surface area contributed by atoms with Gasteiger partial charge in [-0.25, -0.2) is 15.0 Å². The lowest BCUT2D eigenvalue weighted by atomic mass is 9.91. The molecule has 1 fully saturated rings. The van der Waals surface area contributed by atoms with E-state index in [1.54, 1.807) is 12.4 Å². The average molecular weight is 358 g/mol. The van der Waals surface area contributed by atoms with Crippen molar-refractivity contribution in [3.05, 3.63) is 35.9 Å². The Kier molecular flexibility index (Phi) is 3.77. The van der Waals surface area contributed by atoms with Crippen LogP contribution < -0.4 is 16.4 Å². The van der Waals surface area contributed by atoms with Gasteiger partial charge in [0.05, 0.1) is 11.2 Å². The van der Waals surface area contributed by atoms with E-state index in [9.17, 15) is 0 Å². The molecule has 0 radical (unpaired) electrons. The van der Waals surface area contributed by atoms with Crippen LogP contribution in [0.3, 0.4) is 0 Å². The van der Waals surface area contributed by atoms with Crippen LogP contribution in [0.15, 0.2) is 30.9 Å². The molecular weight excluding hydrogens is 338 g/mol. The summed E-state index contributed by atoms with van der Waals surface area (Å²) in [6.45, 7) is 3.86. The lowest BCUT2D eigenvalue weighted by Gasteiger charge is -2.37. The highest BCUT2D eigenvalue weighted by molar-refractivity contribution is 6.35. The largest absolute Gasteiger partial charge is 0.382 e. The highest BCUT2D eigenvalue weighted by Crippen LogP contribution is 2.33. The fraction of sp³-hybridized carbons (Fsp3) is 0.353. The number of fused-ring (bicyclic) bond motifs is 1. The van der Waals surface area contributed by atoms with Gasteiger partial charge in [-0.15, -0.1) is 0 Å². The molecule has 3 aromatic rings. The molecule has 4 heterocycles. The topological polar surface area (TPSA) is 98.4 Å². The number of nitrogens with zero attached hydrogens (tertiary/aromatic N) is 5. The number of piperidine rings is 1. The first-order valence-electron chi connectivity index (χ1n) is 8.22. The molecule has 0 aliphatic carbocycles. The Morgan fingerprint density at radius 2 is 1.92 bits per heavy atom. The van der Waals surface area contributed by atoms with Gasteiger partial charge in [0.1, 0.15) is 17.2 Å². The summed E-state index contributed by atoms with van der Waals surface area (Å²) in [5.41, 5.74) is 13.7. The monoisotopic (exact) mass is 357 g/mol. The van der Waals surface area contributed by atoms with Crippen molar-refractivity contribution < 1.29 is 0 Å². The van der Waals surface area contributed by atoms with E-state index in [1.807, 2.05) is 22.9 Å². The van der Waals surface area contributed by atoms with Crippen LogP contribution in [0, 0.1) is 0 Å². The van der Waals surface area contributed by atoms with Crippen molar-refractivity contribution in [1.29, 1.82) is 0 Å². The van der Waals surface area contributed by atoms with Crippen LogP contribution >= 0.6 is 11.6 Å². The normalized spacial score (nSPS) is 17.2. The summed E-state index contributed by atoms with van der Waals surface area (Å²) in [4.78, 5) is 15.4. The maximum Gasteiger partial charge on any atom is 0.154 e. The van der Waals surface area contributed by atoms with Crippen molar-refractivity contribution in [3.63, 3.8) is 0 Å². The van der Waals surface area contributed by atoms with E-state index >= 15 is 0 Å². The Morgan fingerprint density at radius 3 is 2.68 bits per heavy atom. The summed E-state index contributed by atoms with van der Waals surface area (Å²) < 4.78 is 1.99. The van der Waals surface area contributed by atoms with Crippen LogP contribution in [0.1, 0.15) is 19.8 Å². The van der Waals surface area contributed by atoms with Gasteiger partial charge in [0, 0.05) is 42.8 Å². The van der Waals surface area contributed by atoms with Crippen LogP contribution in [-0.4, -0.2) is 38.0 Å². The van der Waals surface area contributed by atoms with Crippen LogP contribution in [-0.2, 0) is 0 Å². The summed E-state index contributed by atoms with van der Waals surface area (Å²) in [7, 11) is 0. The molecule has 0 spiro atoms. The van der Waals surface area contributed by atoms with Crippen LogP contribution in [0.4, 0.5) is 11.6 Å². The Hall–Kier alpha value is -2.38. The van der Waals surface area contributed by atoms with Crippen molar-refractivity contribution in [3.8, 4) is 11.4 Å². The van der Waals surface area contributed by atoms with Gasteiger partial charge in [0.15, 0.2) is 5.82 Å². The van der Waals surface area contributed by atoms with Crippen molar-refractivity contribution in [2.24, 2.45) is 5.73 Å². The summed E-state index contributed by atoms with van der Waals surface area (Å²) in [6, 6.07) is 1.81. The molecule has 3 aromatic heterocycles. The fourth-order valence-electron chi connectivity index (χ4n) is 3.22. The number of rotatable bonds is 2. The molecule has 1 aliphatic heterocycles. The van der Waals surface area contributed by atoms with Gasteiger partial charge in [-0.3, -0.25) is 4.40 Å². The van der Waals surface area contributed by atoms with E-state index < -0.39 is 0 Å². The first kappa shape index (κ1) is 16.1. The number of imidazole rings is 1. The van der Waals surface area contributed by atoms with Crippen LogP contribution in [0.25, 0.3) is 16.9 Å². The van der Waals surface area contributed by atoms with Crippen molar-refractivity contribution in [1.82, 2.24) is 19.4 Å². The number of hydrogen-bond donors (Lipinski definition) is 2. The summed E-state index contributed by atoms with van der Waals surface area (Å²) in [5.74, 6) is 1.93. The van der Waals surface area contributed by atoms with Gasteiger partial charge in [-0.1, -0.05) is 11.6 Å². The Labute approximate surface area is 150 Å². The second-order valence-electron chi connectivity index (χ2n) is 6.79. The van der Waals surface area contributed by atoms with E-state index in [2.05, 4.69) is 26.8 Å². The highest BCUT2D eigenvalue weighted by atomic mass is 35.5. The van der Waals surface area contributed by atoms with E-state index in [-0.39, 0.29) is 5.54 Å². The van der Waals surface area contributed by atoms with Crippen molar-refractivity contribution in [2.45, 2.75) is 25.3 Å². The molecule has 8 heteroatoms. The molecule has 0 aromatic carbocycles. The molecule has 0 amide bonds. The molecule has 0 saturated carbocycles. The van der Waals surface area contributed by atoms with Crippen molar-refractivity contribution >= 4 is 28.8 Å². The molecule has 1 saturated heterocycles. The molecule has 0 bridgehead atoms. The molecule has 25 heavy (non-hydrogen) atoms. The molecule has 4 N–H and O–H groups in total. The Morgan fingerprint density at radius 1 is 1.16 bits per heavy atom. The fourth-order valence-corrected chi connectivity index (χ4v) is 3.42. The number of anilines is 2. The second-order valence-corrected chi connectivity index (χ2v) is 7.16. The SMILES string of the molecule is CC1(N)CCN(c2nccn3c(-c4ccnc(N)c4Cl)ncc23)CC1. The van der Waals surface area contributed by atoms with E-state index in [0.717, 1.165) is 48.7 Å². The third-order valence-electron chi connectivity index (χ3n) is 4.80. The lowest BCUT2D eigenvalue weighted by molar-refractivity contribution is 0.363. The van der Waals surface area contributed by atoms with Crippen LogP contribution in [0.2, 0.25) is 5.02 Å². The molecule has 0 atom stereocenters. The quantitative estimate of drug-likeness (QED) is 0.730. The van der Waals surface area contributed by atoms with Gasteiger partial charge >= 0.3 is 0 Å². The van der Waals surface area contributed by atoms with Gasteiger partial charge in [-0.05, 0) is 25.8 Å². The summed E-state index contributed by atoms with van der Waals surface area (Å²) in [6.07, 6.45) is 8.98. The first-order chi connectivity index (χ1) is 12.0. The lowest BCUT2D eigenvalue weighted by Crippen LogP contribution is -2.48. The Balaban J connectivity index is 1.78. The van der Waals surface area contributed by atoms with Gasteiger partial charge in [-0.2, -0.15) is 0 Å². The molecule has 0 unspecified atom stereocenters. The zero-order valence-electron chi connectivity index (χ0n) is 14.0. The number of aromatic nitrogens is 4. The maximum absolute atomic E-state index is 6.32. The molecule has 4 rings (SSSR count). The van der Waals surface area contributed by atoms with Crippen LogP contribution in [0.5, 0.6) is 0 Å². The molecule has 7 nitrogen and oxygen atoms in total. The smallest absolute Gasteiger partial charge is 0.154 e. The maximum atomic E-state index is 6.32. The number of nitrogen functional groups attached to an aromatic ring is 1. The third-order valence-corrected chi connectivity index (χ3v) is 5.20. The number of halogens is 1. The molecule has 1 aliphatic rings. The highest BCUT2D eigenvalue weighted by Gasteiger charge is 2.27. The predicted molar refractivity (Wildman–Crippen MR) is 99.7 cm³/mol. The van der Waals surface area contributed by atoms with Crippen molar-refractivity contribution in [2.75, 3.05) is 23.7 Å². The van der Waals surface area contributed by atoms with Gasteiger partial charge in [0.2, 0.25) is 0 Å². The zero-order chi connectivity index (χ0) is 17.6. The minimum atomic E-state index is -0.102. The second kappa shape index (κ2) is 5.86. The minimum absolute atomic E-state index is 0.102. The van der Waals surface area contributed by atoms with E-state index in [1.165, 1.54) is 0 Å². The molecule has 130 valence electrons. The number of nitrogens with two attached hydrogens (primary N) is 2. The van der Waals surface area contributed by atoms with Gasteiger partial charge in [0.25, 0.3) is 0 Å². The van der Waals surface area contributed by atoms with Gasteiger partial charge < -0.3 is 16.4 Å². The average Bonchev–Trinajstić information content (AvgIpc) is 3.01. The minimum Gasteiger partial charge on any atom is -0.382 e.